The highest BCUT2D eigenvalue weighted by atomic mass is 127. The fourth-order valence-corrected chi connectivity index (χ4v) is 2.01. The van der Waals surface area contributed by atoms with Gasteiger partial charge in [0.05, 0.1) is 10.6 Å². The number of nitrogens with one attached hydrogen (secondary N) is 1. The molecule has 9 heteroatoms. The fraction of sp³-hybridized carbons (Fsp3) is 0.222. The minimum atomic E-state index is -4.52. The van der Waals surface area contributed by atoms with Crippen molar-refractivity contribution in [1.82, 2.24) is 5.48 Å². The third-order valence-corrected chi connectivity index (χ3v) is 3.64. The molecular weight excluding hydrogens is 409 g/mol. The molecule has 0 aromatic heterocycles. The van der Waals surface area contributed by atoms with Crippen molar-refractivity contribution in [2.75, 3.05) is 6.61 Å². The molecular formula is C9H5Cl2F3INO2. The van der Waals surface area contributed by atoms with E-state index in [1.807, 2.05) is 0 Å². The van der Waals surface area contributed by atoms with E-state index in [1.165, 1.54) is 12.1 Å². The van der Waals surface area contributed by atoms with Crippen LogP contribution in [0.3, 0.4) is 0 Å². The van der Waals surface area contributed by atoms with Gasteiger partial charge in [-0.2, -0.15) is 13.2 Å². The van der Waals surface area contributed by atoms with Crippen molar-refractivity contribution in [2.45, 2.75) is 6.18 Å². The average Bonchev–Trinajstić information content (AvgIpc) is 2.21. The summed E-state index contributed by atoms with van der Waals surface area (Å²) in [5.74, 6) is -0.854. The topological polar surface area (TPSA) is 38.3 Å². The maximum absolute atomic E-state index is 11.8. The molecule has 1 N–H and O–H groups in total. The molecule has 0 fully saturated rings. The first kappa shape index (κ1) is 15.8. The quantitative estimate of drug-likeness (QED) is 0.464. The van der Waals surface area contributed by atoms with Gasteiger partial charge in [0.25, 0.3) is 5.91 Å². The van der Waals surface area contributed by atoms with Crippen LogP contribution in [0.25, 0.3) is 0 Å². The van der Waals surface area contributed by atoms with E-state index in [0.29, 0.717) is 3.57 Å². The van der Waals surface area contributed by atoms with Crippen LogP contribution < -0.4 is 5.48 Å². The Hall–Kier alpha value is -0.250. The van der Waals surface area contributed by atoms with Crippen molar-refractivity contribution in [2.24, 2.45) is 0 Å². The van der Waals surface area contributed by atoms with Crippen LogP contribution >= 0.6 is 45.8 Å². The predicted molar refractivity (Wildman–Crippen MR) is 68.7 cm³/mol. The number of amides is 1. The summed E-state index contributed by atoms with van der Waals surface area (Å²) in [5.41, 5.74) is 1.71. The van der Waals surface area contributed by atoms with E-state index in [2.05, 4.69) is 4.84 Å². The molecule has 18 heavy (non-hydrogen) atoms. The molecule has 3 nitrogen and oxygen atoms in total. The van der Waals surface area contributed by atoms with Crippen LogP contribution in [-0.4, -0.2) is 18.7 Å². The Morgan fingerprint density at radius 3 is 2.56 bits per heavy atom. The van der Waals surface area contributed by atoms with Crippen molar-refractivity contribution in [3.63, 3.8) is 0 Å². The molecule has 0 aliphatic carbocycles. The molecule has 0 radical (unpaired) electrons. The normalized spacial score (nSPS) is 11.4. The first-order valence-electron chi connectivity index (χ1n) is 4.34. The van der Waals surface area contributed by atoms with Gasteiger partial charge in [0.15, 0.2) is 6.61 Å². The van der Waals surface area contributed by atoms with Gasteiger partial charge in [-0.1, -0.05) is 23.2 Å². The summed E-state index contributed by atoms with van der Waals surface area (Å²) in [4.78, 5) is 15.6. The second-order valence-electron chi connectivity index (χ2n) is 3.08. The summed E-state index contributed by atoms with van der Waals surface area (Å²) >= 11 is 13.2. The van der Waals surface area contributed by atoms with Crippen molar-refractivity contribution < 1.29 is 22.8 Å². The van der Waals surface area contributed by atoms with Crippen molar-refractivity contribution in [3.05, 3.63) is 31.3 Å². The molecule has 0 saturated carbocycles. The van der Waals surface area contributed by atoms with Gasteiger partial charge in [-0.3, -0.25) is 9.63 Å². The minimum Gasteiger partial charge on any atom is -0.267 e. The highest BCUT2D eigenvalue weighted by molar-refractivity contribution is 14.1. The first-order valence-corrected chi connectivity index (χ1v) is 6.17. The average molecular weight is 414 g/mol. The van der Waals surface area contributed by atoms with Crippen molar-refractivity contribution >= 4 is 51.7 Å². The summed E-state index contributed by atoms with van der Waals surface area (Å²) in [5, 5.41) is 0.422. The van der Waals surface area contributed by atoms with Gasteiger partial charge >= 0.3 is 6.18 Å². The van der Waals surface area contributed by atoms with E-state index >= 15 is 0 Å². The highest BCUT2D eigenvalue weighted by Gasteiger charge is 2.28. The van der Waals surface area contributed by atoms with E-state index < -0.39 is 18.7 Å². The first-order chi connectivity index (χ1) is 8.20. The molecule has 0 unspecified atom stereocenters. The van der Waals surface area contributed by atoms with Gasteiger partial charge in [0.1, 0.15) is 0 Å². The lowest BCUT2D eigenvalue weighted by molar-refractivity contribution is -0.184. The second-order valence-corrected chi connectivity index (χ2v) is 5.01. The Kier molecular flexibility index (Phi) is 5.50. The lowest BCUT2D eigenvalue weighted by Gasteiger charge is -2.10. The lowest BCUT2D eigenvalue weighted by Crippen LogP contribution is -2.30. The lowest BCUT2D eigenvalue weighted by atomic mass is 10.2. The van der Waals surface area contributed by atoms with Crippen LogP contribution in [-0.2, 0) is 4.84 Å². The molecule has 0 atom stereocenters. The molecule has 1 rings (SSSR count). The minimum absolute atomic E-state index is 0.0373. The van der Waals surface area contributed by atoms with Gasteiger partial charge in [-0.05, 0) is 34.7 Å². The van der Waals surface area contributed by atoms with E-state index in [1.54, 1.807) is 28.1 Å². The standard InChI is InChI=1S/C9H5Cl2F3INO2/c10-4-1-5(7(15)6(11)2-4)8(17)16-18-3-9(12,13)14/h1-2H,3H2,(H,16,17). The van der Waals surface area contributed by atoms with Crippen molar-refractivity contribution in [3.8, 4) is 0 Å². The zero-order chi connectivity index (χ0) is 13.9. The number of carbonyl (C=O) groups excluding carboxylic acids is 1. The van der Waals surface area contributed by atoms with E-state index in [9.17, 15) is 18.0 Å². The van der Waals surface area contributed by atoms with Crippen LogP contribution in [0.2, 0.25) is 10.0 Å². The SMILES string of the molecule is O=C(NOCC(F)(F)F)c1cc(Cl)cc(Cl)c1I. The van der Waals surface area contributed by atoms with Gasteiger partial charge in [0.2, 0.25) is 0 Å². The zero-order valence-electron chi connectivity index (χ0n) is 8.45. The summed E-state index contributed by atoms with van der Waals surface area (Å²) in [7, 11) is 0. The molecule has 1 amide bonds. The van der Waals surface area contributed by atoms with E-state index in [-0.39, 0.29) is 15.6 Å². The van der Waals surface area contributed by atoms with E-state index in [4.69, 9.17) is 23.2 Å². The molecule has 1 aromatic carbocycles. The summed E-state index contributed by atoms with van der Waals surface area (Å²) in [6, 6.07) is 2.69. The molecule has 0 aliphatic rings. The number of hydroxylamine groups is 1. The van der Waals surface area contributed by atoms with Gasteiger partial charge in [0, 0.05) is 8.59 Å². The van der Waals surface area contributed by atoms with Crippen LogP contribution in [0.4, 0.5) is 13.2 Å². The molecule has 1 aromatic rings. The number of halogens is 6. The van der Waals surface area contributed by atoms with Gasteiger partial charge in [-0.25, -0.2) is 5.48 Å². The Balaban J connectivity index is 2.73. The summed E-state index contributed by atoms with van der Waals surface area (Å²) in [6.07, 6.45) is -4.52. The fourth-order valence-electron chi connectivity index (χ4n) is 0.960. The largest absolute Gasteiger partial charge is 0.414 e. The second kappa shape index (κ2) is 6.27. The Morgan fingerprint density at radius 1 is 1.39 bits per heavy atom. The third kappa shape index (κ3) is 4.79. The molecule has 0 spiro atoms. The number of alkyl halides is 3. The predicted octanol–water partition coefficient (Wildman–Crippen LogP) is 3.82. The number of carbonyl (C=O) groups is 1. The molecule has 0 aliphatic heterocycles. The van der Waals surface area contributed by atoms with Crippen LogP contribution in [0.15, 0.2) is 12.1 Å². The number of rotatable bonds is 3. The summed E-state index contributed by atoms with van der Waals surface area (Å²) in [6.45, 7) is -1.58. The van der Waals surface area contributed by atoms with Gasteiger partial charge in [-0.15, -0.1) is 0 Å². The monoisotopic (exact) mass is 413 g/mol. The Labute approximate surface area is 124 Å². The zero-order valence-corrected chi connectivity index (χ0v) is 12.1. The summed E-state index contributed by atoms with van der Waals surface area (Å²) < 4.78 is 35.8. The Morgan fingerprint density at radius 2 is 2.00 bits per heavy atom. The van der Waals surface area contributed by atoms with Crippen LogP contribution in [0, 0.1) is 3.57 Å². The Bertz CT molecular complexity index is 468. The molecule has 0 saturated heterocycles. The van der Waals surface area contributed by atoms with Crippen molar-refractivity contribution in [1.29, 1.82) is 0 Å². The third-order valence-electron chi connectivity index (χ3n) is 1.64. The highest BCUT2D eigenvalue weighted by Crippen LogP contribution is 2.26. The van der Waals surface area contributed by atoms with Crippen LogP contribution in [0.5, 0.6) is 0 Å². The van der Waals surface area contributed by atoms with Crippen LogP contribution in [0.1, 0.15) is 10.4 Å². The number of hydrogen-bond acceptors (Lipinski definition) is 2. The number of benzene rings is 1. The van der Waals surface area contributed by atoms with Gasteiger partial charge < -0.3 is 0 Å². The maximum atomic E-state index is 11.8. The molecule has 0 bridgehead atoms. The molecule has 0 heterocycles. The molecule has 100 valence electrons. The smallest absolute Gasteiger partial charge is 0.267 e. The maximum Gasteiger partial charge on any atom is 0.414 e. The van der Waals surface area contributed by atoms with E-state index in [0.717, 1.165) is 0 Å². The number of hydrogen-bond donors (Lipinski definition) is 1.